The number of hydrogen-bond acceptors (Lipinski definition) is 6. The first-order valence-corrected chi connectivity index (χ1v) is 13.6. The van der Waals surface area contributed by atoms with E-state index in [-0.39, 0.29) is 24.5 Å². The van der Waals surface area contributed by atoms with Crippen molar-refractivity contribution in [1.29, 1.82) is 0 Å². The van der Waals surface area contributed by atoms with E-state index in [4.69, 9.17) is 4.74 Å². The van der Waals surface area contributed by atoms with Gasteiger partial charge in [-0.15, -0.1) is 10.2 Å². The first kappa shape index (κ1) is 26.7. The molecule has 0 spiro atoms. The predicted octanol–water partition coefficient (Wildman–Crippen LogP) is 3.95. The van der Waals surface area contributed by atoms with Gasteiger partial charge >= 0.3 is 0 Å². The second kappa shape index (κ2) is 12.3. The highest BCUT2D eigenvalue weighted by Crippen LogP contribution is 2.21. The van der Waals surface area contributed by atoms with Crippen molar-refractivity contribution in [2.45, 2.75) is 32.3 Å². The number of ether oxygens (including phenoxy) is 1. The van der Waals surface area contributed by atoms with Crippen LogP contribution in [-0.4, -0.2) is 83.8 Å². The number of anilines is 1. The second-order valence-electron chi connectivity index (χ2n) is 10.2. The van der Waals surface area contributed by atoms with Gasteiger partial charge in [0.15, 0.2) is 5.82 Å². The summed E-state index contributed by atoms with van der Waals surface area (Å²) in [6.07, 6.45) is 2.48. The van der Waals surface area contributed by atoms with Crippen molar-refractivity contribution in [3.63, 3.8) is 0 Å². The Morgan fingerprint density at radius 2 is 1.74 bits per heavy atom. The van der Waals surface area contributed by atoms with E-state index in [9.17, 15) is 14.0 Å². The minimum atomic E-state index is -0.406. The van der Waals surface area contributed by atoms with Gasteiger partial charge in [-0.25, -0.2) is 4.39 Å². The van der Waals surface area contributed by atoms with Gasteiger partial charge in [0.25, 0.3) is 5.91 Å². The normalized spacial score (nSPS) is 17.6. The maximum absolute atomic E-state index is 13.4. The largest absolute Gasteiger partial charge is 0.376 e. The zero-order valence-corrected chi connectivity index (χ0v) is 22.3. The monoisotopic (exact) mass is 531 g/mol. The van der Waals surface area contributed by atoms with Gasteiger partial charge in [-0.3, -0.25) is 9.59 Å². The van der Waals surface area contributed by atoms with Crippen molar-refractivity contribution in [1.82, 2.24) is 20.0 Å². The van der Waals surface area contributed by atoms with Gasteiger partial charge in [0.1, 0.15) is 12.4 Å². The molecule has 39 heavy (non-hydrogen) atoms. The molecule has 3 heterocycles. The Kier molecular flexibility index (Phi) is 8.46. The average molecular weight is 532 g/mol. The summed E-state index contributed by atoms with van der Waals surface area (Å²) in [5, 5.41) is 8.89. The second-order valence-corrected chi connectivity index (χ2v) is 10.2. The standard InChI is InChI=1S/C30H34FN5O3/c1-22-5-7-23(8-6-22)27-13-14-28(33-32-27)34-15-3-16-35(18-17-34)29(37)21-36(20-26-4-2-19-39-26)30(38)24-9-11-25(31)12-10-24/h5-14,26H,2-4,15-21H2,1H3. The predicted molar refractivity (Wildman–Crippen MR) is 147 cm³/mol. The molecule has 2 aliphatic rings. The lowest BCUT2D eigenvalue weighted by atomic mass is 10.1. The first-order valence-electron chi connectivity index (χ1n) is 13.6. The topological polar surface area (TPSA) is 78.9 Å². The summed E-state index contributed by atoms with van der Waals surface area (Å²) in [6, 6.07) is 17.6. The summed E-state index contributed by atoms with van der Waals surface area (Å²) in [5.74, 6) is -0.0195. The Morgan fingerprint density at radius 1 is 0.949 bits per heavy atom. The number of carbonyl (C=O) groups is 2. The van der Waals surface area contributed by atoms with Gasteiger partial charge in [0, 0.05) is 50.5 Å². The number of aromatic nitrogens is 2. The molecule has 3 aromatic rings. The number of benzene rings is 2. The highest BCUT2D eigenvalue weighted by atomic mass is 19.1. The van der Waals surface area contributed by atoms with Crippen molar-refractivity contribution in [2.24, 2.45) is 0 Å². The van der Waals surface area contributed by atoms with Crippen LogP contribution in [0.15, 0.2) is 60.7 Å². The number of halogens is 1. The zero-order chi connectivity index (χ0) is 27.2. The maximum Gasteiger partial charge on any atom is 0.254 e. The van der Waals surface area contributed by atoms with Gasteiger partial charge < -0.3 is 19.4 Å². The number of carbonyl (C=O) groups excluding carboxylic acids is 2. The molecule has 0 radical (unpaired) electrons. The number of aryl methyl sites for hydroxylation is 1. The van der Waals surface area contributed by atoms with Gasteiger partial charge in [-0.2, -0.15) is 0 Å². The molecule has 1 atom stereocenters. The van der Waals surface area contributed by atoms with E-state index in [2.05, 4.69) is 34.2 Å². The highest BCUT2D eigenvalue weighted by molar-refractivity contribution is 5.96. The molecule has 2 aliphatic heterocycles. The number of amides is 2. The van der Waals surface area contributed by atoms with E-state index >= 15 is 0 Å². The lowest BCUT2D eigenvalue weighted by Crippen LogP contribution is -2.46. The first-order chi connectivity index (χ1) is 19.0. The molecule has 1 unspecified atom stereocenters. The lowest BCUT2D eigenvalue weighted by Gasteiger charge is -2.28. The molecule has 0 N–H and O–H groups in total. The molecule has 0 saturated carbocycles. The van der Waals surface area contributed by atoms with Gasteiger partial charge in [0.05, 0.1) is 11.8 Å². The molecule has 204 valence electrons. The Bertz CT molecular complexity index is 1260. The fourth-order valence-electron chi connectivity index (χ4n) is 5.06. The van der Waals surface area contributed by atoms with E-state index in [0.29, 0.717) is 38.3 Å². The summed E-state index contributed by atoms with van der Waals surface area (Å²) in [4.78, 5) is 32.2. The SMILES string of the molecule is Cc1ccc(-c2ccc(N3CCCN(C(=O)CN(CC4CCCO4)C(=O)c4ccc(F)cc4)CC3)nn2)cc1. The van der Waals surface area contributed by atoms with Crippen LogP contribution >= 0.6 is 0 Å². The molecular weight excluding hydrogens is 497 g/mol. The van der Waals surface area contributed by atoms with Crippen LogP contribution in [0.5, 0.6) is 0 Å². The van der Waals surface area contributed by atoms with Crippen molar-refractivity contribution in [3.05, 3.63) is 77.6 Å². The third-order valence-corrected chi connectivity index (χ3v) is 7.32. The number of nitrogens with zero attached hydrogens (tertiary/aromatic N) is 5. The summed E-state index contributed by atoms with van der Waals surface area (Å²) in [6.45, 7) is 5.52. The Labute approximate surface area is 228 Å². The zero-order valence-electron chi connectivity index (χ0n) is 22.3. The molecule has 1 aromatic heterocycles. The van der Waals surface area contributed by atoms with E-state index in [1.807, 2.05) is 29.2 Å². The third-order valence-electron chi connectivity index (χ3n) is 7.32. The minimum Gasteiger partial charge on any atom is -0.376 e. The van der Waals surface area contributed by atoms with Gasteiger partial charge in [-0.05, 0) is 62.6 Å². The summed E-state index contributed by atoms with van der Waals surface area (Å²) in [7, 11) is 0. The van der Waals surface area contributed by atoms with E-state index in [0.717, 1.165) is 42.9 Å². The van der Waals surface area contributed by atoms with Crippen LogP contribution in [0.2, 0.25) is 0 Å². The molecular formula is C30H34FN5O3. The third kappa shape index (κ3) is 6.78. The molecule has 2 fully saturated rings. The molecule has 5 rings (SSSR count). The molecule has 2 aromatic carbocycles. The summed E-state index contributed by atoms with van der Waals surface area (Å²) >= 11 is 0. The fraction of sp³-hybridized carbons (Fsp3) is 0.400. The van der Waals surface area contributed by atoms with Crippen molar-refractivity contribution in [3.8, 4) is 11.3 Å². The Morgan fingerprint density at radius 3 is 2.44 bits per heavy atom. The number of rotatable bonds is 7. The molecule has 9 heteroatoms. The fourth-order valence-corrected chi connectivity index (χ4v) is 5.06. The lowest BCUT2D eigenvalue weighted by molar-refractivity contribution is -0.132. The van der Waals surface area contributed by atoms with Crippen LogP contribution < -0.4 is 4.90 Å². The summed E-state index contributed by atoms with van der Waals surface area (Å²) in [5.41, 5.74) is 3.40. The maximum atomic E-state index is 13.4. The minimum absolute atomic E-state index is 0.0406. The number of hydrogen-bond donors (Lipinski definition) is 0. The van der Waals surface area contributed by atoms with Crippen LogP contribution in [-0.2, 0) is 9.53 Å². The van der Waals surface area contributed by atoms with Crippen molar-refractivity contribution in [2.75, 3.05) is 50.8 Å². The highest BCUT2D eigenvalue weighted by Gasteiger charge is 2.28. The van der Waals surface area contributed by atoms with E-state index in [1.165, 1.54) is 29.8 Å². The Balaban J connectivity index is 1.21. The van der Waals surface area contributed by atoms with Crippen LogP contribution in [0.1, 0.15) is 35.2 Å². The molecule has 2 amide bonds. The van der Waals surface area contributed by atoms with E-state index < -0.39 is 5.82 Å². The van der Waals surface area contributed by atoms with Crippen molar-refractivity contribution < 1.29 is 18.7 Å². The van der Waals surface area contributed by atoms with Gasteiger partial charge in [0.2, 0.25) is 5.91 Å². The van der Waals surface area contributed by atoms with Crippen LogP contribution in [0.3, 0.4) is 0 Å². The smallest absolute Gasteiger partial charge is 0.254 e. The van der Waals surface area contributed by atoms with Crippen molar-refractivity contribution >= 4 is 17.6 Å². The molecule has 2 saturated heterocycles. The quantitative estimate of drug-likeness (QED) is 0.460. The van der Waals surface area contributed by atoms with Crippen LogP contribution in [0.4, 0.5) is 10.2 Å². The summed E-state index contributed by atoms with van der Waals surface area (Å²) < 4.78 is 19.2. The Hall–Kier alpha value is -3.85. The van der Waals surface area contributed by atoms with Gasteiger partial charge in [-0.1, -0.05) is 29.8 Å². The molecule has 0 bridgehead atoms. The van der Waals surface area contributed by atoms with Crippen LogP contribution in [0.25, 0.3) is 11.3 Å². The van der Waals surface area contributed by atoms with E-state index in [1.54, 1.807) is 4.90 Å². The molecule has 8 nitrogen and oxygen atoms in total. The molecule has 0 aliphatic carbocycles. The van der Waals surface area contributed by atoms with Crippen LogP contribution in [0, 0.1) is 12.7 Å². The average Bonchev–Trinajstić information content (AvgIpc) is 3.34.